The monoisotopic (exact) mass is 368 g/mol. The van der Waals surface area contributed by atoms with E-state index in [4.69, 9.17) is 5.73 Å². The quantitative estimate of drug-likeness (QED) is 0.634. The maximum atomic E-state index is 11.7. The molecule has 7 nitrogen and oxygen atoms in total. The van der Waals surface area contributed by atoms with Crippen LogP contribution >= 0.6 is 11.3 Å². The van der Waals surface area contributed by atoms with Crippen LogP contribution in [0.3, 0.4) is 0 Å². The van der Waals surface area contributed by atoms with E-state index in [1.807, 2.05) is 23.6 Å². The fourth-order valence-corrected chi connectivity index (χ4v) is 4.11. The number of primary amides is 1. The number of amides is 1. The minimum Gasteiger partial charge on any atom is -0.364 e. The number of rotatable bonds is 5. The van der Waals surface area contributed by atoms with Gasteiger partial charge in [-0.3, -0.25) is 4.79 Å². The largest absolute Gasteiger partial charge is 0.364 e. The van der Waals surface area contributed by atoms with Crippen molar-refractivity contribution in [3.8, 4) is 0 Å². The van der Waals surface area contributed by atoms with Gasteiger partial charge >= 0.3 is 0 Å². The fraction of sp³-hybridized carbons (Fsp3) is 0.333. The van der Waals surface area contributed by atoms with E-state index >= 15 is 0 Å². The molecule has 1 fully saturated rings. The Morgan fingerprint density at radius 2 is 2.00 bits per heavy atom. The van der Waals surface area contributed by atoms with Crippen molar-refractivity contribution >= 4 is 44.8 Å². The number of fused-ring (bicyclic) bond motifs is 1. The number of nitrogens with one attached hydrogen (secondary N) is 2. The summed E-state index contributed by atoms with van der Waals surface area (Å²) in [5, 5.41) is 17.7. The van der Waals surface area contributed by atoms with E-state index in [-0.39, 0.29) is 5.69 Å². The number of benzene rings is 1. The molecule has 0 spiro atoms. The van der Waals surface area contributed by atoms with Gasteiger partial charge in [0.2, 0.25) is 5.95 Å². The SMILES string of the molecule is NC(=O)c1nnc(NC2CCCCC2)nc1Nc1cccc2sccc12. The normalized spacial score (nSPS) is 15.1. The lowest BCUT2D eigenvalue weighted by atomic mass is 9.96. The summed E-state index contributed by atoms with van der Waals surface area (Å²) in [6.07, 6.45) is 5.87. The number of aromatic nitrogens is 3. The van der Waals surface area contributed by atoms with Crippen molar-refractivity contribution < 1.29 is 4.79 Å². The van der Waals surface area contributed by atoms with Crippen LogP contribution in [0.1, 0.15) is 42.6 Å². The van der Waals surface area contributed by atoms with Gasteiger partial charge in [0.1, 0.15) is 0 Å². The smallest absolute Gasteiger partial charge is 0.273 e. The standard InChI is InChI=1S/C18H20N6OS/c19-16(25)15-17(21-13-7-4-8-14-12(13)9-10-26-14)22-18(24-23-15)20-11-5-2-1-3-6-11/h4,7-11H,1-3,5-6H2,(H2,19,25)(H2,20,21,22,24). The van der Waals surface area contributed by atoms with Crippen molar-refractivity contribution in [1.82, 2.24) is 15.2 Å². The number of hydrogen-bond acceptors (Lipinski definition) is 7. The first-order valence-corrected chi connectivity index (χ1v) is 9.63. The van der Waals surface area contributed by atoms with Crippen molar-refractivity contribution in [1.29, 1.82) is 0 Å². The van der Waals surface area contributed by atoms with Crippen molar-refractivity contribution in [2.24, 2.45) is 5.73 Å². The van der Waals surface area contributed by atoms with Crippen LogP contribution in [0, 0.1) is 0 Å². The van der Waals surface area contributed by atoms with Crippen LogP contribution in [0.25, 0.3) is 10.1 Å². The van der Waals surface area contributed by atoms with Crippen molar-refractivity contribution in [3.63, 3.8) is 0 Å². The summed E-state index contributed by atoms with van der Waals surface area (Å²) >= 11 is 1.66. The van der Waals surface area contributed by atoms with Gasteiger partial charge in [-0.25, -0.2) is 0 Å². The summed E-state index contributed by atoms with van der Waals surface area (Å²) in [6, 6.07) is 8.33. The Labute approximate surface area is 155 Å². The van der Waals surface area contributed by atoms with Gasteiger partial charge in [0.15, 0.2) is 11.5 Å². The Morgan fingerprint density at radius 1 is 1.15 bits per heavy atom. The molecule has 0 radical (unpaired) electrons. The van der Waals surface area contributed by atoms with Crippen LogP contribution in [0.5, 0.6) is 0 Å². The molecule has 4 rings (SSSR count). The molecule has 1 amide bonds. The molecule has 2 heterocycles. The molecule has 0 aliphatic heterocycles. The summed E-state index contributed by atoms with van der Waals surface area (Å²) in [5.74, 6) is 0.0839. The first-order valence-electron chi connectivity index (χ1n) is 8.75. The molecule has 0 atom stereocenters. The molecule has 2 aromatic heterocycles. The number of thiophene rings is 1. The highest BCUT2D eigenvalue weighted by Crippen LogP contribution is 2.30. The van der Waals surface area contributed by atoms with Crippen LogP contribution in [-0.4, -0.2) is 27.1 Å². The van der Waals surface area contributed by atoms with E-state index in [9.17, 15) is 4.79 Å². The molecule has 8 heteroatoms. The molecule has 1 aliphatic rings. The average molecular weight is 368 g/mol. The number of carbonyl (C=O) groups is 1. The third-order valence-electron chi connectivity index (χ3n) is 4.61. The number of nitrogens with zero attached hydrogens (tertiary/aromatic N) is 3. The highest BCUT2D eigenvalue weighted by Gasteiger charge is 2.18. The third-order valence-corrected chi connectivity index (χ3v) is 5.49. The van der Waals surface area contributed by atoms with Crippen LogP contribution in [0.4, 0.5) is 17.5 Å². The van der Waals surface area contributed by atoms with Crippen molar-refractivity contribution in [3.05, 3.63) is 35.3 Å². The minimum atomic E-state index is -0.658. The van der Waals surface area contributed by atoms with Gasteiger partial charge < -0.3 is 16.4 Å². The van der Waals surface area contributed by atoms with E-state index in [1.165, 1.54) is 19.3 Å². The summed E-state index contributed by atoms with van der Waals surface area (Å²) in [6.45, 7) is 0. The predicted molar refractivity (Wildman–Crippen MR) is 104 cm³/mol. The van der Waals surface area contributed by atoms with Gasteiger partial charge in [-0.05, 0) is 36.4 Å². The number of anilines is 3. The molecule has 0 unspecified atom stereocenters. The molecule has 0 saturated heterocycles. The first kappa shape index (κ1) is 16.7. The van der Waals surface area contributed by atoms with Crippen LogP contribution in [0.15, 0.2) is 29.6 Å². The predicted octanol–water partition coefficient (Wildman–Crippen LogP) is 3.67. The van der Waals surface area contributed by atoms with E-state index in [1.54, 1.807) is 11.3 Å². The maximum Gasteiger partial charge on any atom is 0.273 e. The first-order chi connectivity index (χ1) is 12.7. The van der Waals surface area contributed by atoms with E-state index in [0.717, 1.165) is 28.6 Å². The second kappa shape index (κ2) is 7.25. The lowest BCUT2D eigenvalue weighted by Gasteiger charge is -2.22. The molecular weight excluding hydrogens is 348 g/mol. The van der Waals surface area contributed by atoms with Crippen LogP contribution < -0.4 is 16.4 Å². The highest BCUT2D eigenvalue weighted by molar-refractivity contribution is 7.17. The Bertz CT molecular complexity index is 934. The van der Waals surface area contributed by atoms with Gasteiger partial charge in [-0.1, -0.05) is 25.3 Å². The Hall–Kier alpha value is -2.74. The molecular formula is C18H20N6OS. The van der Waals surface area contributed by atoms with Gasteiger partial charge in [0, 0.05) is 21.8 Å². The van der Waals surface area contributed by atoms with Gasteiger partial charge in [-0.15, -0.1) is 21.5 Å². The molecule has 1 aromatic carbocycles. The molecule has 26 heavy (non-hydrogen) atoms. The summed E-state index contributed by atoms with van der Waals surface area (Å²) in [7, 11) is 0. The van der Waals surface area contributed by atoms with Crippen molar-refractivity contribution in [2.75, 3.05) is 10.6 Å². The summed E-state index contributed by atoms with van der Waals surface area (Å²) in [4.78, 5) is 16.2. The van der Waals surface area contributed by atoms with Crippen molar-refractivity contribution in [2.45, 2.75) is 38.1 Å². The highest BCUT2D eigenvalue weighted by atomic mass is 32.1. The fourth-order valence-electron chi connectivity index (χ4n) is 3.30. The zero-order valence-electron chi connectivity index (χ0n) is 14.2. The zero-order valence-corrected chi connectivity index (χ0v) is 15.1. The number of nitrogens with two attached hydrogens (primary N) is 1. The van der Waals surface area contributed by atoms with E-state index in [2.05, 4.69) is 31.9 Å². The van der Waals surface area contributed by atoms with E-state index < -0.39 is 5.91 Å². The third kappa shape index (κ3) is 3.45. The Kier molecular flexibility index (Phi) is 4.66. The molecule has 3 aromatic rings. The molecule has 1 aliphatic carbocycles. The van der Waals surface area contributed by atoms with Gasteiger partial charge in [-0.2, -0.15) is 4.98 Å². The lowest BCUT2D eigenvalue weighted by molar-refractivity contribution is 0.0995. The molecule has 1 saturated carbocycles. The van der Waals surface area contributed by atoms with Gasteiger partial charge in [0.05, 0.1) is 0 Å². The van der Waals surface area contributed by atoms with Crippen LogP contribution in [0.2, 0.25) is 0 Å². The lowest BCUT2D eigenvalue weighted by Crippen LogP contribution is -2.25. The van der Waals surface area contributed by atoms with Gasteiger partial charge in [0.25, 0.3) is 5.91 Å². The minimum absolute atomic E-state index is 0.0337. The Morgan fingerprint density at radius 3 is 2.81 bits per heavy atom. The average Bonchev–Trinajstić information content (AvgIpc) is 3.12. The van der Waals surface area contributed by atoms with E-state index in [0.29, 0.717) is 17.8 Å². The summed E-state index contributed by atoms with van der Waals surface area (Å²) < 4.78 is 1.15. The topological polar surface area (TPSA) is 106 Å². The molecule has 4 N–H and O–H groups in total. The second-order valence-electron chi connectivity index (χ2n) is 6.44. The maximum absolute atomic E-state index is 11.7. The number of carbonyl (C=O) groups excluding carboxylic acids is 1. The molecule has 134 valence electrons. The summed E-state index contributed by atoms with van der Waals surface area (Å²) in [5.41, 5.74) is 6.35. The zero-order chi connectivity index (χ0) is 17.9. The number of hydrogen-bond donors (Lipinski definition) is 3. The molecule has 0 bridgehead atoms. The van der Waals surface area contributed by atoms with Crippen LogP contribution in [-0.2, 0) is 0 Å². The Balaban J connectivity index is 1.65. The second-order valence-corrected chi connectivity index (χ2v) is 7.39.